The van der Waals surface area contributed by atoms with Crippen molar-refractivity contribution in [3.05, 3.63) is 59.9 Å². The zero-order valence-electron chi connectivity index (χ0n) is 13.0. The van der Waals surface area contributed by atoms with Crippen LogP contribution < -0.4 is 10.1 Å². The fourth-order valence-corrected chi connectivity index (χ4v) is 2.28. The molecule has 3 rings (SSSR count). The normalized spacial score (nSPS) is 10.7. The summed E-state index contributed by atoms with van der Waals surface area (Å²) in [6.07, 6.45) is 2.60. The van der Waals surface area contributed by atoms with Crippen LogP contribution in [0.15, 0.2) is 48.8 Å². The van der Waals surface area contributed by atoms with Crippen LogP contribution >= 0.6 is 0 Å². The predicted molar refractivity (Wildman–Crippen MR) is 89.5 cm³/mol. The second-order valence-corrected chi connectivity index (χ2v) is 5.31. The lowest BCUT2D eigenvalue weighted by Crippen LogP contribution is -2.22. The highest BCUT2D eigenvalue weighted by Gasteiger charge is 2.07. The molecule has 0 radical (unpaired) electrons. The molecule has 2 aromatic carbocycles. The molecule has 0 bridgehead atoms. The number of carbonyl (C=O) groups is 1. The maximum atomic E-state index is 12.2. The van der Waals surface area contributed by atoms with E-state index in [2.05, 4.69) is 22.2 Å². The number of benzene rings is 2. The molecule has 1 aromatic heterocycles. The Labute approximate surface area is 134 Å². The van der Waals surface area contributed by atoms with Crippen molar-refractivity contribution in [1.82, 2.24) is 15.3 Å². The fourth-order valence-electron chi connectivity index (χ4n) is 2.28. The minimum absolute atomic E-state index is 0.104. The zero-order chi connectivity index (χ0) is 16.1. The molecule has 1 amide bonds. The quantitative estimate of drug-likeness (QED) is 0.734. The van der Waals surface area contributed by atoms with Crippen molar-refractivity contribution in [2.24, 2.45) is 0 Å². The van der Waals surface area contributed by atoms with Gasteiger partial charge >= 0.3 is 0 Å². The molecule has 118 valence electrons. The lowest BCUT2D eigenvalue weighted by atomic mass is 10.1. The number of hydrogen-bond acceptors (Lipinski definition) is 3. The summed E-state index contributed by atoms with van der Waals surface area (Å²) in [6.45, 7) is 3.27. The summed E-state index contributed by atoms with van der Waals surface area (Å²) in [4.78, 5) is 19.4. The van der Waals surface area contributed by atoms with Gasteiger partial charge in [-0.2, -0.15) is 0 Å². The van der Waals surface area contributed by atoms with Crippen LogP contribution in [0.3, 0.4) is 0 Å². The van der Waals surface area contributed by atoms with Crippen molar-refractivity contribution in [3.63, 3.8) is 0 Å². The number of imidazole rings is 1. The highest BCUT2D eigenvalue weighted by molar-refractivity contribution is 5.97. The minimum Gasteiger partial charge on any atom is -0.494 e. The van der Waals surface area contributed by atoms with Gasteiger partial charge in [0.1, 0.15) is 5.75 Å². The molecule has 3 aromatic rings. The number of hydrogen-bond donors (Lipinski definition) is 2. The van der Waals surface area contributed by atoms with Crippen LogP contribution in [0.1, 0.15) is 29.3 Å². The van der Waals surface area contributed by atoms with Crippen LogP contribution in [0.5, 0.6) is 5.75 Å². The second kappa shape index (κ2) is 6.96. The van der Waals surface area contributed by atoms with Crippen LogP contribution in [0, 0.1) is 0 Å². The maximum Gasteiger partial charge on any atom is 0.251 e. The van der Waals surface area contributed by atoms with Gasteiger partial charge in [0.2, 0.25) is 0 Å². The number of aromatic amines is 1. The van der Waals surface area contributed by atoms with E-state index >= 15 is 0 Å². The molecule has 0 unspecified atom stereocenters. The summed E-state index contributed by atoms with van der Waals surface area (Å²) in [5.41, 5.74) is 3.36. The molecule has 0 spiro atoms. The molecule has 0 aliphatic rings. The Morgan fingerprint density at radius 1 is 1.22 bits per heavy atom. The van der Waals surface area contributed by atoms with Crippen molar-refractivity contribution in [2.45, 2.75) is 19.9 Å². The lowest BCUT2D eigenvalue weighted by molar-refractivity contribution is 0.0951. The van der Waals surface area contributed by atoms with Gasteiger partial charge in [-0.05, 0) is 42.3 Å². The SMILES string of the molecule is CCCOc1ccc(CNC(=O)c2ccc3nc[nH]c3c2)cc1. The van der Waals surface area contributed by atoms with Gasteiger partial charge in [-0.25, -0.2) is 4.98 Å². The summed E-state index contributed by atoms with van der Waals surface area (Å²) >= 11 is 0. The number of nitrogens with zero attached hydrogens (tertiary/aromatic N) is 1. The van der Waals surface area contributed by atoms with Crippen LogP contribution in [0.2, 0.25) is 0 Å². The van der Waals surface area contributed by atoms with Gasteiger partial charge in [-0.1, -0.05) is 19.1 Å². The van der Waals surface area contributed by atoms with E-state index in [-0.39, 0.29) is 5.91 Å². The van der Waals surface area contributed by atoms with Gasteiger partial charge in [0.05, 0.1) is 24.0 Å². The van der Waals surface area contributed by atoms with Gasteiger partial charge in [0.15, 0.2) is 0 Å². The Balaban J connectivity index is 1.59. The topological polar surface area (TPSA) is 67.0 Å². The zero-order valence-corrected chi connectivity index (χ0v) is 13.0. The van der Waals surface area contributed by atoms with Crippen LogP contribution in [0.4, 0.5) is 0 Å². The number of fused-ring (bicyclic) bond motifs is 1. The molecule has 1 heterocycles. The highest BCUT2D eigenvalue weighted by Crippen LogP contribution is 2.14. The Hall–Kier alpha value is -2.82. The first-order chi connectivity index (χ1) is 11.3. The highest BCUT2D eigenvalue weighted by atomic mass is 16.5. The van der Waals surface area contributed by atoms with Gasteiger partial charge in [-0.3, -0.25) is 4.79 Å². The molecule has 0 saturated carbocycles. The van der Waals surface area contributed by atoms with Crippen LogP contribution in [0.25, 0.3) is 11.0 Å². The minimum atomic E-state index is -0.104. The third kappa shape index (κ3) is 3.69. The van der Waals surface area contributed by atoms with E-state index in [1.54, 1.807) is 18.5 Å². The van der Waals surface area contributed by atoms with Crippen LogP contribution in [-0.2, 0) is 6.54 Å². The molecule has 0 atom stereocenters. The summed E-state index contributed by atoms with van der Waals surface area (Å²) in [5, 5.41) is 2.92. The number of nitrogens with one attached hydrogen (secondary N) is 2. The third-order valence-corrected chi connectivity index (χ3v) is 3.53. The molecule has 0 aliphatic carbocycles. The first-order valence-corrected chi connectivity index (χ1v) is 7.69. The molecule has 0 saturated heterocycles. The third-order valence-electron chi connectivity index (χ3n) is 3.53. The van der Waals surface area contributed by atoms with E-state index in [0.29, 0.717) is 18.7 Å². The van der Waals surface area contributed by atoms with E-state index < -0.39 is 0 Å². The van der Waals surface area contributed by atoms with E-state index in [1.165, 1.54) is 0 Å². The Bertz CT molecular complexity index is 793. The first-order valence-electron chi connectivity index (χ1n) is 7.69. The van der Waals surface area contributed by atoms with Gasteiger partial charge < -0.3 is 15.0 Å². The van der Waals surface area contributed by atoms with Crippen molar-refractivity contribution in [1.29, 1.82) is 0 Å². The monoisotopic (exact) mass is 309 g/mol. The summed E-state index contributed by atoms with van der Waals surface area (Å²) in [6, 6.07) is 13.2. The van der Waals surface area contributed by atoms with E-state index in [0.717, 1.165) is 28.8 Å². The van der Waals surface area contributed by atoms with E-state index in [4.69, 9.17) is 4.74 Å². The summed E-state index contributed by atoms with van der Waals surface area (Å²) in [7, 11) is 0. The average molecular weight is 309 g/mol. The van der Waals surface area contributed by atoms with Crippen molar-refractivity contribution in [3.8, 4) is 5.75 Å². The largest absolute Gasteiger partial charge is 0.494 e. The molecular formula is C18H19N3O2. The summed E-state index contributed by atoms with van der Waals surface area (Å²) < 4.78 is 5.54. The standard InChI is InChI=1S/C18H19N3O2/c1-2-9-23-15-6-3-13(4-7-15)11-19-18(22)14-5-8-16-17(10-14)21-12-20-16/h3-8,10,12H,2,9,11H2,1H3,(H,19,22)(H,20,21). The van der Waals surface area contributed by atoms with Crippen molar-refractivity contribution in [2.75, 3.05) is 6.61 Å². The molecule has 5 nitrogen and oxygen atoms in total. The van der Waals surface area contributed by atoms with Gasteiger partial charge in [0.25, 0.3) is 5.91 Å². The smallest absolute Gasteiger partial charge is 0.251 e. The maximum absolute atomic E-state index is 12.2. The summed E-state index contributed by atoms with van der Waals surface area (Å²) in [5.74, 6) is 0.749. The van der Waals surface area contributed by atoms with Gasteiger partial charge in [0, 0.05) is 12.1 Å². The number of aromatic nitrogens is 2. The first kappa shape index (κ1) is 15.1. The molecule has 0 fully saturated rings. The number of amides is 1. The number of H-pyrrole nitrogens is 1. The van der Waals surface area contributed by atoms with E-state index in [9.17, 15) is 4.79 Å². The second-order valence-electron chi connectivity index (χ2n) is 5.31. The molecule has 23 heavy (non-hydrogen) atoms. The number of carbonyl (C=O) groups excluding carboxylic acids is 1. The number of ether oxygens (including phenoxy) is 1. The van der Waals surface area contributed by atoms with Gasteiger partial charge in [-0.15, -0.1) is 0 Å². The van der Waals surface area contributed by atoms with Crippen molar-refractivity contribution >= 4 is 16.9 Å². The Morgan fingerprint density at radius 2 is 2.04 bits per heavy atom. The number of rotatable bonds is 6. The Kier molecular flexibility index (Phi) is 4.57. The van der Waals surface area contributed by atoms with E-state index in [1.807, 2.05) is 30.3 Å². The van der Waals surface area contributed by atoms with Crippen LogP contribution in [-0.4, -0.2) is 22.5 Å². The lowest BCUT2D eigenvalue weighted by Gasteiger charge is -2.08. The molecular weight excluding hydrogens is 290 g/mol. The molecule has 2 N–H and O–H groups in total. The molecule has 5 heteroatoms. The fraction of sp³-hybridized carbons (Fsp3) is 0.222. The Morgan fingerprint density at radius 3 is 2.83 bits per heavy atom. The predicted octanol–water partition coefficient (Wildman–Crippen LogP) is 3.28. The average Bonchev–Trinajstić information content (AvgIpc) is 3.06. The molecule has 0 aliphatic heterocycles. The van der Waals surface area contributed by atoms with Crippen molar-refractivity contribution < 1.29 is 9.53 Å².